The minimum atomic E-state index is -4.30. The number of anilines is 1. The SMILES string of the molecule is C[C@@H](NC(=O)CN(c1ccc(Br)cc1)S(=O)(=O)c1ccc(Cl)c([N+](=O)[O-])c1)[C@H]1C[C@@H]2CC[C@@H]1C2. The van der Waals surface area contributed by atoms with Crippen molar-refractivity contribution < 1.29 is 18.1 Å². The van der Waals surface area contributed by atoms with Crippen molar-refractivity contribution in [2.45, 2.75) is 43.5 Å². The molecule has 2 aliphatic carbocycles. The Labute approximate surface area is 212 Å². The Morgan fingerprint density at radius 2 is 1.94 bits per heavy atom. The van der Waals surface area contributed by atoms with Gasteiger partial charge in [0.15, 0.2) is 0 Å². The van der Waals surface area contributed by atoms with Crippen LogP contribution in [0.2, 0.25) is 5.02 Å². The van der Waals surface area contributed by atoms with Gasteiger partial charge in [0.05, 0.1) is 15.5 Å². The van der Waals surface area contributed by atoms with Crippen LogP contribution in [0.25, 0.3) is 0 Å². The lowest BCUT2D eigenvalue weighted by Crippen LogP contribution is -2.46. The summed E-state index contributed by atoms with van der Waals surface area (Å²) in [4.78, 5) is 23.3. The summed E-state index contributed by atoms with van der Waals surface area (Å²) in [5.41, 5.74) is -0.253. The number of nitrogens with zero attached hydrogens (tertiary/aromatic N) is 2. The van der Waals surface area contributed by atoms with E-state index in [1.807, 2.05) is 6.92 Å². The molecular formula is C23H25BrClN3O5S. The van der Waals surface area contributed by atoms with Crippen LogP contribution in [0.1, 0.15) is 32.6 Å². The number of benzene rings is 2. The number of carbonyl (C=O) groups excluding carboxylic acids is 1. The second-order valence-electron chi connectivity index (χ2n) is 9.05. The lowest BCUT2D eigenvalue weighted by molar-refractivity contribution is -0.384. The van der Waals surface area contributed by atoms with Crippen molar-refractivity contribution >= 4 is 54.8 Å². The number of nitro groups is 1. The van der Waals surface area contributed by atoms with Crippen LogP contribution in [-0.2, 0) is 14.8 Å². The first-order valence-electron chi connectivity index (χ1n) is 11.1. The van der Waals surface area contributed by atoms with E-state index in [9.17, 15) is 23.3 Å². The fraction of sp³-hybridized carbons (Fsp3) is 0.435. The first kappa shape index (κ1) is 24.9. The molecule has 4 rings (SSSR count). The monoisotopic (exact) mass is 569 g/mol. The molecule has 34 heavy (non-hydrogen) atoms. The van der Waals surface area contributed by atoms with Crippen molar-refractivity contribution in [2.24, 2.45) is 17.8 Å². The maximum atomic E-state index is 13.6. The van der Waals surface area contributed by atoms with Crippen LogP contribution < -0.4 is 9.62 Å². The van der Waals surface area contributed by atoms with Gasteiger partial charge in [-0.2, -0.15) is 0 Å². The minimum absolute atomic E-state index is 0.0612. The first-order chi connectivity index (χ1) is 16.1. The van der Waals surface area contributed by atoms with Crippen molar-refractivity contribution in [3.8, 4) is 0 Å². The Balaban J connectivity index is 1.60. The van der Waals surface area contributed by atoms with Crippen LogP contribution >= 0.6 is 27.5 Å². The largest absolute Gasteiger partial charge is 0.352 e. The molecule has 2 fully saturated rings. The number of amides is 1. The summed E-state index contributed by atoms with van der Waals surface area (Å²) in [5.74, 6) is 1.32. The van der Waals surface area contributed by atoms with Crippen molar-refractivity contribution in [1.29, 1.82) is 0 Å². The van der Waals surface area contributed by atoms with Crippen LogP contribution in [0.5, 0.6) is 0 Å². The van der Waals surface area contributed by atoms with Gasteiger partial charge in [-0.1, -0.05) is 34.0 Å². The standard InChI is InChI=1S/C23H25BrClN3O5S/c1-14(20-11-15-2-3-16(20)10-15)26-23(29)13-27(18-6-4-17(24)5-7-18)34(32,33)19-8-9-21(25)22(12-19)28(30)31/h4-9,12,14-16,20H,2-3,10-11,13H2,1H3,(H,26,29)/t14-,15-,16-,20-/m1/s1. The lowest BCUT2D eigenvalue weighted by atomic mass is 9.84. The number of hydrogen-bond donors (Lipinski definition) is 1. The summed E-state index contributed by atoms with van der Waals surface area (Å²) in [6.45, 7) is 1.52. The average Bonchev–Trinajstić information content (AvgIpc) is 3.42. The average molecular weight is 571 g/mol. The van der Waals surface area contributed by atoms with E-state index < -0.39 is 33.1 Å². The lowest BCUT2D eigenvalue weighted by Gasteiger charge is -2.30. The third-order valence-electron chi connectivity index (χ3n) is 6.93. The van der Waals surface area contributed by atoms with Crippen molar-refractivity contribution in [1.82, 2.24) is 5.32 Å². The number of sulfonamides is 1. The number of nitro benzene ring substituents is 1. The van der Waals surface area contributed by atoms with Gasteiger partial charge in [0.1, 0.15) is 11.6 Å². The Kier molecular flexibility index (Phi) is 7.21. The highest BCUT2D eigenvalue weighted by molar-refractivity contribution is 9.10. The van der Waals surface area contributed by atoms with Crippen molar-refractivity contribution in [3.05, 3.63) is 62.1 Å². The second-order valence-corrected chi connectivity index (χ2v) is 12.2. The Hall–Kier alpha value is -2.17. The Morgan fingerprint density at radius 3 is 2.53 bits per heavy atom. The molecule has 1 N–H and O–H groups in total. The summed E-state index contributed by atoms with van der Waals surface area (Å²) >= 11 is 9.19. The van der Waals surface area contributed by atoms with Crippen LogP contribution in [0.3, 0.4) is 0 Å². The molecule has 0 radical (unpaired) electrons. The Bertz CT molecular complexity index is 1210. The number of rotatable bonds is 8. The van der Waals surface area contributed by atoms with Gasteiger partial charge in [-0.3, -0.25) is 19.2 Å². The fourth-order valence-electron chi connectivity index (χ4n) is 5.29. The van der Waals surface area contributed by atoms with Gasteiger partial charge >= 0.3 is 0 Å². The highest BCUT2D eigenvalue weighted by atomic mass is 79.9. The van der Waals surface area contributed by atoms with Gasteiger partial charge in [0, 0.05) is 16.6 Å². The maximum Gasteiger partial charge on any atom is 0.289 e. The molecule has 1 amide bonds. The van der Waals surface area contributed by atoms with E-state index in [-0.39, 0.29) is 21.6 Å². The van der Waals surface area contributed by atoms with E-state index in [0.717, 1.165) is 27.2 Å². The van der Waals surface area contributed by atoms with Crippen molar-refractivity contribution in [3.63, 3.8) is 0 Å². The molecule has 2 aliphatic rings. The molecule has 0 spiro atoms. The molecule has 2 saturated carbocycles. The number of hydrogen-bond acceptors (Lipinski definition) is 5. The van der Waals surface area contributed by atoms with E-state index in [0.29, 0.717) is 11.8 Å². The molecular weight excluding hydrogens is 546 g/mol. The molecule has 8 nitrogen and oxygen atoms in total. The van der Waals surface area contributed by atoms with E-state index in [1.165, 1.54) is 31.4 Å². The van der Waals surface area contributed by atoms with Gasteiger partial charge in [0.2, 0.25) is 5.91 Å². The number of carbonyl (C=O) groups is 1. The van der Waals surface area contributed by atoms with E-state index in [2.05, 4.69) is 21.2 Å². The predicted molar refractivity (Wildman–Crippen MR) is 133 cm³/mol. The molecule has 0 heterocycles. The van der Waals surface area contributed by atoms with Crippen molar-refractivity contribution in [2.75, 3.05) is 10.8 Å². The second kappa shape index (κ2) is 9.83. The van der Waals surface area contributed by atoms with Crippen LogP contribution in [0, 0.1) is 27.9 Å². The van der Waals surface area contributed by atoms with E-state index in [1.54, 1.807) is 24.3 Å². The molecule has 0 aromatic heterocycles. The summed E-state index contributed by atoms with van der Waals surface area (Å²) < 4.78 is 28.8. The van der Waals surface area contributed by atoms with Gasteiger partial charge in [-0.25, -0.2) is 8.42 Å². The zero-order chi connectivity index (χ0) is 24.6. The molecule has 182 valence electrons. The fourth-order valence-corrected chi connectivity index (χ4v) is 7.18. The van der Waals surface area contributed by atoms with Gasteiger partial charge in [0.25, 0.3) is 15.7 Å². The highest BCUT2D eigenvalue weighted by Crippen LogP contribution is 2.49. The summed E-state index contributed by atoms with van der Waals surface area (Å²) in [6, 6.07) is 9.69. The molecule has 0 unspecified atom stereocenters. The molecule has 0 aliphatic heterocycles. The molecule has 4 atom stereocenters. The van der Waals surface area contributed by atoms with Crippen LogP contribution in [0.4, 0.5) is 11.4 Å². The Morgan fingerprint density at radius 1 is 1.24 bits per heavy atom. The summed E-state index contributed by atoms with van der Waals surface area (Å²) in [5, 5.41) is 14.1. The molecule has 2 aromatic carbocycles. The summed E-state index contributed by atoms with van der Waals surface area (Å²) in [6.07, 6.45) is 4.74. The predicted octanol–water partition coefficient (Wildman–Crippen LogP) is 5.15. The van der Waals surface area contributed by atoms with Crippen LogP contribution in [0.15, 0.2) is 51.8 Å². The normalized spacial score (nSPS) is 22.4. The zero-order valence-electron chi connectivity index (χ0n) is 18.5. The molecule has 0 saturated heterocycles. The molecule has 11 heteroatoms. The first-order valence-corrected chi connectivity index (χ1v) is 13.7. The zero-order valence-corrected chi connectivity index (χ0v) is 21.6. The maximum absolute atomic E-state index is 13.6. The van der Waals surface area contributed by atoms with Gasteiger partial charge in [-0.05, 0) is 80.3 Å². The topological polar surface area (TPSA) is 110 Å². The third-order valence-corrected chi connectivity index (χ3v) is 9.55. The molecule has 2 aromatic rings. The van der Waals surface area contributed by atoms with Gasteiger partial charge in [-0.15, -0.1) is 0 Å². The quantitative estimate of drug-likeness (QED) is 0.349. The molecule has 2 bridgehead atoms. The minimum Gasteiger partial charge on any atom is -0.352 e. The van der Waals surface area contributed by atoms with E-state index in [4.69, 9.17) is 11.6 Å². The summed E-state index contributed by atoms with van der Waals surface area (Å²) in [7, 11) is -4.30. The number of halogens is 2. The van der Waals surface area contributed by atoms with Crippen LogP contribution in [-0.4, -0.2) is 31.8 Å². The number of nitrogens with one attached hydrogen (secondary N) is 1. The number of fused-ring (bicyclic) bond motifs is 2. The highest BCUT2D eigenvalue weighted by Gasteiger charge is 2.42. The van der Waals surface area contributed by atoms with Gasteiger partial charge < -0.3 is 5.32 Å². The smallest absolute Gasteiger partial charge is 0.289 e. The third kappa shape index (κ3) is 5.08. The van der Waals surface area contributed by atoms with E-state index >= 15 is 0 Å².